The van der Waals surface area contributed by atoms with E-state index < -0.39 is 6.10 Å². The molecule has 0 fully saturated rings. The van der Waals surface area contributed by atoms with Gasteiger partial charge in [-0.15, -0.1) is 0 Å². The standard InChI is InChI=1S/C16H18O2S.C6H6O/c1-13-7-9-16(10-8-13)19-18-12-15(17)11-14-5-3-2-4-6-14;7-6-4-2-1-3-5-6/h2-10,15,17H,11-12H2,1H3;1-5,7H. The largest absolute Gasteiger partial charge is 0.508 e. The van der Waals surface area contributed by atoms with Crippen LogP contribution in [0.3, 0.4) is 0 Å². The monoisotopic (exact) mass is 368 g/mol. The third-order valence-corrected chi connectivity index (χ3v) is 4.23. The number of aliphatic hydroxyl groups excluding tert-OH is 1. The highest BCUT2D eigenvalue weighted by Gasteiger charge is 2.06. The second-order valence-corrected chi connectivity index (χ2v) is 6.73. The molecule has 0 aliphatic carbocycles. The number of rotatable bonds is 6. The number of para-hydroxylation sites is 1. The SMILES string of the molecule is Cc1ccc(SOCC(O)Cc2ccccc2)cc1.Oc1ccccc1. The summed E-state index contributed by atoms with van der Waals surface area (Å²) >= 11 is 1.31. The molecular weight excluding hydrogens is 344 g/mol. The van der Waals surface area contributed by atoms with Gasteiger partial charge in [0.1, 0.15) is 5.75 Å². The van der Waals surface area contributed by atoms with Gasteiger partial charge in [-0.1, -0.05) is 66.2 Å². The fourth-order valence-electron chi connectivity index (χ4n) is 2.15. The zero-order chi connectivity index (χ0) is 18.6. The van der Waals surface area contributed by atoms with Crippen molar-refractivity contribution in [2.75, 3.05) is 6.61 Å². The van der Waals surface area contributed by atoms with Crippen molar-refractivity contribution in [2.45, 2.75) is 24.3 Å². The van der Waals surface area contributed by atoms with Gasteiger partial charge in [-0.3, -0.25) is 0 Å². The molecule has 4 heteroatoms. The van der Waals surface area contributed by atoms with Gasteiger partial charge in [0.05, 0.1) is 12.7 Å². The van der Waals surface area contributed by atoms with Crippen LogP contribution in [0.1, 0.15) is 11.1 Å². The van der Waals surface area contributed by atoms with Crippen molar-refractivity contribution in [1.29, 1.82) is 0 Å². The molecule has 0 amide bonds. The van der Waals surface area contributed by atoms with Gasteiger partial charge in [0.2, 0.25) is 0 Å². The van der Waals surface area contributed by atoms with E-state index in [4.69, 9.17) is 9.29 Å². The summed E-state index contributed by atoms with van der Waals surface area (Å²) in [5, 5.41) is 18.5. The molecule has 2 N–H and O–H groups in total. The van der Waals surface area contributed by atoms with Crippen molar-refractivity contribution in [2.24, 2.45) is 0 Å². The summed E-state index contributed by atoms with van der Waals surface area (Å²) in [4.78, 5) is 1.05. The molecular formula is C22H24O3S. The molecule has 136 valence electrons. The van der Waals surface area contributed by atoms with E-state index in [9.17, 15) is 5.11 Å². The van der Waals surface area contributed by atoms with E-state index in [2.05, 4.69) is 6.92 Å². The van der Waals surface area contributed by atoms with E-state index in [-0.39, 0.29) is 0 Å². The van der Waals surface area contributed by atoms with Crippen molar-refractivity contribution >= 4 is 12.0 Å². The summed E-state index contributed by atoms with van der Waals surface area (Å²) in [6.07, 6.45) is 0.148. The van der Waals surface area contributed by atoms with Crippen LogP contribution < -0.4 is 0 Å². The lowest BCUT2D eigenvalue weighted by Gasteiger charge is -2.10. The van der Waals surface area contributed by atoms with E-state index >= 15 is 0 Å². The summed E-state index contributed by atoms with van der Waals surface area (Å²) in [5.41, 5.74) is 2.35. The smallest absolute Gasteiger partial charge is 0.115 e. The summed E-state index contributed by atoms with van der Waals surface area (Å²) < 4.78 is 5.46. The Morgan fingerprint density at radius 3 is 1.96 bits per heavy atom. The van der Waals surface area contributed by atoms with Crippen LogP contribution >= 0.6 is 12.0 Å². The van der Waals surface area contributed by atoms with Crippen LogP contribution in [-0.4, -0.2) is 22.9 Å². The van der Waals surface area contributed by atoms with Crippen molar-refractivity contribution in [3.8, 4) is 5.75 Å². The highest BCUT2D eigenvalue weighted by molar-refractivity contribution is 7.94. The second-order valence-electron chi connectivity index (χ2n) is 5.86. The molecule has 1 atom stereocenters. The molecule has 0 bridgehead atoms. The number of benzene rings is 3. The molecule has 0 aliphatic heterocycles. The summed E-state index contributed by atoms with van der Waals surface area (Å²) in [5.74, 6) is 0.322. The Bertz CT molecular complexity index is 730. The molecule has 0 saturated carbocycles. The Hall–Kier alpha value is -2.27. The number of aromatic hydroxyl groups is 1. The second kappa shape index (κ2) is 11.4. The third-order valence-electron chi connectivity index (χ3n) is 3.51. The average Bonchev–Trinajstić information content (AvgIpc) is 2.65. The van der Waals surface area contributed by atoms with Crippen molar-refractivity contribution in [3.05, 3.63) is 96.1 Å². The number of hydrogen-bond donors (Lipinski definition) is 2. The van der Waals surface area contributed by atoms with Crippen LogP contribution in [0, 0.1) is 6.92 Å². The summed E-state index contributed by atoms with van der Waals surface area (Å²) in [6, 6.07) is 26.8. The normalized spacial score (nSPS) is 11.3. The molecule has 3 aromatic carbocycles. The third kappa shape index (κ3) is 8.21. The Morgan fingerprint density at radius 1 is 0.846 bits per heavy atom. The van der Waals surface area contributed by atoms with Gasteiger partial charge in [0.15, 0.2) is 0 Å². The lowest BCUT2D eigenvalue weighted by molar-refractivity contribution is 0.119. The minimum absolute atomic E-state index is 0.322. The Labute approximate surface area is 159 Å². The maximum absolute atomic E-state index is 9.89. The topological polar surface area (TPSA) is 49.7 Å². The number of phenols is 1. The zero-order valence-corrected chi connectivity index (χ0v) is 15.6. The zero-order valence-electron chi connectivity index (χ0n) is 14.8. The van der Waals surface area contributed by atoms with E-state index in [0.29, 0.717) is 18.8 Å². The predicted molar refractivity (Wildman–Crippen MR) is 107 cm³/mol. The minimum atomic E-state index is -0.472. The van der Waals surface area contributed by atoms with Gasteiger partial charge in [-0.05, 0) is 36.8 Å². The van der Waals surface area contributed by atoms with Crippen LogP contribution in [0.2, 0.25) is 0 Å². The van der Waals surface area contributed by atoms with Crippen LogP contribution in [0.25, 0.3) is 0 Å². The summed E-state index contributed by atoms with van der Waals surface area (Å²) in [6.45, 7) is 2.38. The number of aryl methyl sites for hydroxylation is 1. The quantitative estimate of drug-likeness (QED) is 0.600. The maximum atomic E-state index is 9.89. The molecule has 0 heterocycles. The van der Waals surface area contributed by atoms with Gasteiger partial charge in [-0.25, -0.2) is 0 Å². The molecule has 0 spiro atoms. The first kappa shape index (κ1) is 20.0. The fourth-order valence-corrected chi connectivity index (χ4v) is 2.76. The molecule has 0 aliphatic rings. The van der Waals surface area contributed by atoms with E-state index in [1.54, 1.807) is 24.3 Å². The fraction of sp³-hybridized carbons (Fsp3) is 0.182. The molecule has 0 radical (unpaired) electrons. The van der Waals surface area contributed by atoms with Crippen LogP contribution in [0.15, 0.2) is 89.8 Å². The number of phenolic OH excluding ortho intramolecular Hbond substituents is 1. The van der Waals surface area contributed by atoms with Gasteiger partial charge in [0.25, 0.3) is 0 Å². The summed E-state index contributed by atoms with van der Waals surface area (Å²) in [7, 11) is 0. The molecule has 0 saturated heterocycles. The molecule has 1 unspecified atom stereocenters. The van der Waals surface area contributed by atoms with Crippen LogP contribution in [-0.2, 0) is 10.6 Å². The maximum Gasteiger partial charge on any atom is 0.115 e. The molecule has 0 aromatic heterocycles. The highest BCUT2D eigenvalue weighted by Crippen LogP contribution is 2.19. The van der Waals surface area contributed by atoms with Crippen molar-refractivity contribution in [1.82, 2.24) is 0 Å². The minimum Gasteiger partial charge on any atom is -0.508 e. The van der Waals surface area contributed by atoms with Crippen molar-refractivity contribution < 1.29 is 14.4 Å². The lowest BCUT2D eigenvalue weighted by Crippen LogP contribution is -2.16. The van der Waals surface area contributed by atoms with E-state index in [0.717, 1.165) is 10.5 Å². The van der Waals surface area contributed by atoms with Gasteiger partial charge in [-0.2, -0.15) is 0 Å². The molecule has 3 aromatic rings. The Balaban J connectivity index is 0.000000290. The molecule has 26 heavy (non-hydrogen) atoms. The average molecular weight is 368 g/mol. The van der Waals surface area contributed by atoms with E-state index in [1.807, 2.05) is 60.7 Å². The first-order valence-corrected chi connectivity index (χ1v) is 9.20. The first-order valence-electron chi connectivity index (χ1n) is 8.45. The number of hydrogen-bond acceptors (Lipinski definition) is 4. The van der Waals surface area contributed by atoms with Crippen molar-refractivity contribution in [3.63, 3.8) is 0 Å². The Morgan fingerprint density at radius 2 is 1.42 bits per heavy atom. The van der Waals surface area contributed by atoms with Gasteiger partial charge in [0, 0.05) is 23.4 Å². The predicted octanol–water partition coefficient (Wildman–Crippen LogP) is 5.01. The van der Waals surface area contributed by atoms with E-state index in [1.165, 1.54) is 17.6 Å². The van der Waals surface area contributed by atoms with Crippen LogP contribution in [0.5, 0.6) is 5.75 Å². The van der Waals surface area contributed by atoms with Crippen LogP contribution in [0.4, 0.5) is 0 Å². The number of aliphatic hydroxyl groups is 1. The van der Waals surface area contributed by atoms with Gasteiger partial charge < -0.3 is 14.4 Å². The Kier molecular flexibility index (Phi) is 8.76. The van der Waals surface area contributed by atoms with Gasteiger partial charge >= 0.3 is 0 Å². The lowest BCUT2D eigenvalue weighted by atomic mass is 10.1. The molecule has 3 rings (SSSR count). The molecule has 3 nitrogen and oxygen atoms in total. The first-order chi connectivity index (χ1) is 12.6. The highest BCUT2D eigenvalue weighted by atomic mass is 32.2.